The molecule has 100 valence electrons. The van der Waals surface area contributed by atoms with Gasteiger partial charge in [0.2, 0.25) is 5.91 Å². The molecule has 1 saturated heterocycles. The number of carbonyl (C=O) groups excluding carboxylic acids is 1. The average molecular weight is 258 g/mol. The zero-order valence-corrected chi connectivity index (χ0v) is 11.2. The molecule has 0 N–H and O–H groups in total. The van der Waals surface area contributed by atoms with Crippen molar-refractivity contribution in [1.82, 2.24) is 9.88 Å². The summed E-state index contributed by atoms with van der Waals surface area (Å²) < 4.78 is 0. The van der Waals surface area contributed by atoms with Gasteiger partial charge in [-0.05, 0) is 25.0 Å². The number of amides is 1. The van der Waals surface area contributed by atoms with Crippen LogP contribution in [0.25, 0.3) is 0 Å². The first-order valence-corrected chi connectivity index (χ1v) is 6.63. The van der Waals surface area contributed by atoms with E-state index in [1.54, 1.807) is 18.3 Å². The van der Waals surface area contributed by atoms with Crippen LogP contribution in [0.15, 0.2) is 18.3 Å². The van der Waals surface area contributed by atoms with E-state index in [4.69, 9.17) is 5.26 Å². The maximum atomic E-state index is 12.1. The highest BCUT2D eigenvalue weighted by Gasteiger charge is 2.21. The predicted octanol–water partition coefficient (Wildman–Crippen LogP) is 1.40. The smallest absolute Gasteiger partial charge is 0.242 e. The van der Waals surface area contributed by atoms with E-state index in [-0.39, 0.29) is 5.91 Å². The zero-order valence-electron chi connectivity index (χ0n) is 11.2. The standard InChI is InChI=1S/C14H18N4O/c1-2-6-17-7-3-8-18(11-14(17)19)13-5-4-12(9-15)10-16-13/h4-5,10H,2-3,6-8,11H2,1H3. The number of nitriles is 1. The van der Waals surface area contributed by atoms with Crippen molar-refractivity contribution >= 4 is 11.7 Å². The molecule has 2 heterocycles. The van der Waals surface area contributed by atoms with Gasteiger partial charge in [0.25, 0.3) is 0 Å². The summed E-state index contributed by atoms with van der Waals surface area (Å²) in [4.78, 5) is 20.3. The minimum absolute atomic E-state index is 0.158. The normalized spacial score (nSPS) is 16.1. The summed E-state index contributed by atoms with van der Waals surface area (Å²) in [5, 5.41) is 8.76. The lowest BCUT2D eigenvalue weighted by Gasteiger charge is -2.22. The molecule has 1 aliphatic rings. The van der Waals surface area contributed by atoms with Gasteiger partial charge in [0.1, 0.15) is 11.9 Å². The lowest BCUT2D eigenvalue weighted by Crippen LogP contribution is -2.37. The number of hydrogen-bond donors (Lipinski definition) is 0. The topological polar surface area (TPSA) is 60.2 Å². The minimum atomic E-state index is 0.158. The van der Waals surface area contributed by atoms with E-state index >= 15 is 0 Å². The second-order valence-electron chi connectivity index (χ2n) is 4.67. The summed E-state index contributed by atoms with van der Waals surface area (Å²) in [6, 6.07) is 5.59. The zero-order chi connectivity index (χ0) is 13.7. The molecule has 0 atom stereocenters. The quantitative estimate of drug-likeness (QED) is 0.822. The molecule has 0 unspecified atom stereocenters. The van der Waals surface area contributed by atoms with Crippen LogP contribution >= 0.6 is 0 Å². The Balaban J connectivity index is 2.08. The molecule has 5 heteroatoms. The van der Waals surface area contributed by atoms with E-state index in [2.05, 4.69) is 11.9 Å². The van der Waals surface area contributed by atoms with E-state index < -0.39 is 0 Å². The molecule has 0 spiro atoms. The van der Waals surface area contributed by atoms with Crippen molar-refractivity contribution in [2.24, 2.45) is 0 Å². The molecule has 1 amide bonds. The molecule has 1 aromatic rings. The molecular formula is C14H18N4O. The number of nitrogens with zero attached hydrogens (tertiary/aromatic N) is 4. The molecule has 0 aliphatic carbocycles. The van der Waals surface area contributed by atoms with Crippen LogP contribution in [-0.4, -0.2) is 42.0 Å². The number of carbonyl (C=O) groups is 1. The summed E-state index contributed by atoms with van der Waals surface area (Å²) in [6.07, 6.45) is 3.49. The van der Waals surface area contributed by atoms with Gasteiger partial charge in [-0.2, -0.15) is 5.26 Å². The second kappa shape index (κ2) is 6.19. The molecule has 1 fully saturated rings. The SMILES string of the molecule is CCCN1CCCN(c2ccc(C#N)cn2)CC1=O. The molecule has 19 heavy (non-hydrogen) atoms. The third-order valence-corrected chi connectivity index (χ3v) is 3.23. The highest BCUT2D eigenvalue weighted by molar-refractivity contribution is 5.81. The molecule has 1 aliphatic heterocycles. The number of rotatable bonds is 3. The van der Waals surface area contributed by atoms with Crippen LogP contribution in [0.3, 0.4) is 0 Å². The van der Waals surface area contributed by atoms with Gasteiger partial charge >= 0.3 is 0 Å². The average Bonchev–Trinajstić information content (AvgIpc) is 2.62. The first-order valence-electron chi connectivity index (χ1n) is 6.63. The highest BCUT2D eigenvalue weighted by atomic mass is 16.2. The Kier molecular flexibility index (Phi) is 4.35. The Labute approximate surface area is 113 Å². The van der Waals surface area contributed by atoms with Crippen molar-refractivity contribution in [1.29, 1.82) is 5.26 Å². The Morgan fingerprint density at radius 2 is 2.26 bits per heavy atom. The second-order valence-corrected chi connectivity index (χ2v) is 4.67. The number of pyridine rings is 1. The van der Waals surface area contributed by atoms with E-state index in [0.717, 1.165) is 38.3 Å². The molecule has 2 rings (SSSR count). The number of aromatic nitrogens is 1. The van der Waals surface area contributed by atoms with Crippen molar-refractivity contribution in [2.45, 2.75) is 19.8 Å². The van der Waals surface area contributed by atoms with Crippen LogP contribution in [0.5, 0.6) is 0 Å². The van der Waals surface area contributed by atoms with Gasteiger partial charge in [-0.25, -0.2) is 4.98 Å². The van der Waals surface area contributed by atoms with Gasteiger partial charge in [-0.1, -0.05) is 6.92 Å². The first kappa shape index (κ1) is 13.3. The van der Waals surface area contributed by atoms with Crippen LogP contribution in [0.1, 0.15) is 25.3 Å². The van der Waals surface area contributed by atoms with Gasteiger partial charge < -0.3 is 9.80 Å². The number of anilines is 1. The Morgan fingerprint density at radius 1 is 1.42 bits per heavy atom. The number of hydrogen-bond acceptors (Lipinski definition) is 4. The Morgan fingerprint density at radius 3 is 2.89 bits per heavy atom. The molecule has 0 aromatic carbocycles. The molecule has 0 radical (unpaired) electrons. The van der Waals surface area contributed by atoms with Gasteiger partial charge in [-0.15, -0.1) is 0 Å². The van der Waals surface area contributed by atoms with E-state index in [1.807, 2.05) is 15.9 Å². The first-order chi connectivity index (χ1) is 9.24. The maximum Gasteiger partial charge on any atom is 0.242 e. The molecular weight excluding hydrogens is 240 g/mol. The van der Waals surface area contributed by atoms with Crippen LogP contribution in [0.2, 0.25) is 0 Å². The van der Waals surface area contributed by atoms with E-state index in [1.165, 1.54) is 0 Å². The van der Waals surface area contributed by atoms with E-state index in [0.29, 0.717) is 12.1 Å². The fraction of sp³-hybridized carbons (Fsp3) is 0.500. The van der Waals surface area contributed by atoms with Gasteiger partial charge in [0, 0.05) is 25.8 Å². The van der Waals surface area contributed by atoms with Crippen LogP contribution in [-0.2, 0) is 4.79 Å². The highest BCUT2D eigenvalue weighted by Crippen LogP contribution is 2.14. The van der Waals surface area contributed by atoms with Gasteiger partial charge in [0.05, 0.1) is 12.1 Å². The van der Waals surface area contributed by atoms with Crippen molar-refractivity contribution in [3.63, 3.8) is 0 Å². The summed E-state index contributed by atoms with van der Waals surface area (Å²) in [6.45, 7) is 4.93. The molecule has 1 aromatic heterocycles. The van der Waals surface area contributed by atoms with Crippen LogP contribution in [0.4, 0.5) is 5.82 Å². The summed E-state index contributed by atoms with van der Waals surface area (Å²) in [5.74, 6) is 0.927. The fourth-order valence-electron chi connectivity index (χ4n) is 2.26. The molecule has 0 saturated carbocycles. The Hall–Kier alpha value is -2.09. The van der Waals surface area contributed by atoms with Gasteiger partial charge in [0.15, 0.2) is 0 Å². The van der Waals surface area contributed by atoms with Crippen molar-refractivity contribution in [3.05, 3.63) is 23.9 Å². The minimum Gasteiger partial charge on any atom is -0.347 e. The summed E-state index contributed by atoms with van der Waals surface area (Å²) in [5.41, 5.74) is 0.539. The summed E-state index contributed by atoms with van der Waals surface area (Å²) >= 11 is 0. The lowest BCUT2D eigenvalue weighted by atomic mass is 10.3. The van der Waals surface area contributed by atoms with Crippen molar-refractivity contribution < 1.29 is 4.79 Å². The fourth-order valence-corrected chi connectivity index (χ4v) is 2.26. The van der Waals surface area contributed by atoms with E-state index in [9.17, 15) is 4.79 Å². The van der Waals surface area contributed by atoms with Crippen LogP contribution < -0.4 is 4.90 Å². The Bertz CT molecular complexity index is 477. The van der Waals surface area contributed by atoms with Crippen molar-refractivity contribution in [3.8, 4) is 6.07 Å². The van der Waals surface area contributed by atoms with Gasteiger partial charge in [-0.3, -0.25) is 4.79 Å². The molecule has 0 bridgehead atoms. The lowest BCUT2D eigenvalue weighted by molar-refractivity contribution is -0.129. The van der Waals surface area contributed by atoms with Crippen LogP contribution in [0, 0.1) is 11.3 Å². The third kappa shape index (κ3) is 3.22. The summed E-state index contributed by atoms with van der Waals surface area (Å²) in [7, 11) is 0. The monoisotopic (exact) mass is 258 g/mol. The predicted molar refractivity (Wildman–Crippen MR) is 72.7 cm³/mol. The largest absolute Gasteiger partial charge is 0.347 e. The maximum absolute atomic E-state index is 12.1. The third-order valence-electron chi connectivity index (χ3n) is 3.23. The molecule has 5 nitrogen and oxygen atoms in total. The van der Waals surface area contributed by atoms with Crippen molar-refractivity contribution in [2.75, 3.05) is 31.1 Å².